The Hall–Kier alpha value is -2.82. The molecule has 5 heteroatoms. The van der Waals surface area contributed by atoms with Gasteiger partial charge < -0.3 is 15.5 Å². The number of nitrogens with one attached hydrogen (secondary N) is 1. The van der Waals surface area contributed by atoms with Crippen LogP contribution in [0.1, 0.15) is 26.3 Å². The zero-order valence-corrected chi connectivity index (χ0v) is 10.5. The molecule has 0 fully saturated rings. The van der Waals surface area contributed by atoms with Crippen molar-refractivity contribution in [2.24, 2.45) is 0 Å². The van der Waals surface area contributed by atoms with Crippen molar-refractivity contribution in [3.63, 3.8) is 0 Å². The van der Waals surface area contributed by atoms with Crippen molar-refractivity contribution in [2.75, 3.05) is 5.32 Å². The summed E-state index contributed by atoms with van der Waals surface area (Å²) in [5.41, 5.74) is 2.23. The monoisotopic (exact) mass is 271 g/mol. The number of rotatable bonds is 5. The van der Waals surface area contributed by atoms with E-state index in [4.69, 9.17) is 10.2 Å². The minimum atomic E-state index is -0.958. The topological polar surface area (TPSA) is 86.6 Å². The first-order valence-electron chi connectivity index (χ1n) is 5.96. The first-order chi connectivity index (χ1) is 9.56. The van der Waals surface area contributed by atoms with Crippen LogP contribution in [0.4, 0.5) is 5.69 Å². The zero-order valence-electron chi connectivity index (χ0n) is 10.5. The molecule has 0 aromatic heterocycles. The molecule has 102 valence electrons. The van der Waals surface area contributed by atoms with Gasteiger partial charge in [-0.1, -0.05) is 12.1 Å². The average molecular weight is 271 g/mol. The number of carbonyl (C=O) groups is 2. The normalized spacial score (nSPS) is 10.0. The van der Waals surface area contributed by atoms with E-state index >= 15 is 0 Å². The molecule has 2 rings (SSSR count). The first kappa shape index (κ1) is 13.6. The zero-order chi connectivity index (χ0) is 14.5. The van der Waals surface area contributed by atoms with Gasteiger partial charge in [-0.15, -0.1) is 0 Å². The molecular weight excluding hydrogens is 258 g/mol. The van der Waals surface area contributed by atoms with Gasteiger partial charge >= 0.3 is 11.9 Å². The van der Waals surface area contributed by atoms with E-state index in [0.29, 0.717) is 6.54 Å². The molecule has 0 aliphatic carbocycles. The summed E-state index contributed by atoms with van der Waals surface area (Å²) in [6, 6.07) is 13.0. The van der Waals surface area contributed by atoms with Gasteiger partial charge in [0.2, 0.25) is 0 Å². The number of hydrogen-bond donors (Lipinski definition) is 3. The van der Waals surface area contributed by atoms with E-state index in [0.717, 1.165) is 11.3 Å². The Morgan fingerprint density at radius 3 is 1.70 bits per heavy atom. The van der Waals surface area contributed by atoms with E-state index in [1.54, 1.807) is 36.4 Å². The predicted octanol–water partition coefficient (Wildman–Crippen LogP) is 2.70. The van der Waals surface area contributed by atoms with Crippen molar-refractivity contribution in [3.8, 4) is 0 Å². The fourth-order valence-corrected chi connectivity index (χ4v) is 1.70. The summed E-state index contributed by atoms with van der Waals surface area (Å²) < 4.78 is 0. The van der Waals surface area contributed by atoms with Gasteiger partial charge in [0.25, 0.3) is 0 Å². The lowest BCUT2D eigenvalue weighted by Gasteiger charge is -2.07. The number of aromatic carboxylic acids is 2. The molecule has 0 heterocycles. The van der Waals surface area contributed by atoms with Gasteiger partial charge in [0.05, 0.1) is 11.1 Å². The Kier molecular flexibility index (Phi) is 4.00. The van der Waals surface area contributed by atoms with E-state index < -0.39 is 11.9 Å². The maximum absolute atomic E-state index is 10.7. The van der Waals surface area contributed by atoms with Gasteiger partial charge in [0.15, 0.2) is 0 Å². The Morgan fingerprint density at radius 1 is 0.800 bits per heavy atom. The Labute approximate surface area is 115 Å². The second-order valence-electron chi connectivity index (χ2n) is 4.24. The molecule has 0 unspecified atom stereocenters. The molecule has 3 N–H and O–H groups in total. The van der Waals surface area contributed by atoms with Gasteiger partial charge in [-0.25, -0.2) is 9.59 Å². The van der Waals surface area contributed by atoms with E-state index in [-0.39, 0.29) is 11.1 Å². The smallest absolute Gasteiger partial charge is 0.335 e. The van der Waals surface area contributed by atoms with Crippen molar-refractivity contribution in [1.29, 1.82) is 0 Å². The maximum Gasteiger partial charge on any atom is 0.335 e. The lowest BCUT2D eigenvalue weighted by molar-refractivity contribution is 0.0686. The maximum atomic E-state index is 10.7. The fourth-order valence-electron chi connectivity index (χ4n) is 1.70. The van der Waals surface area contributed by atoms with E-state index in [2.05, 4.69) is 5.32 Å². The van der Waals surface area contributed by atoms with Crippen LogP contribution in [0.25, 0.3) is 0 Å². The van der Waals surface area contributed by atoms with Crippen molar-refractivity contribution < 1.29 is 19.8 Å². The third-order valence-electron chi connectivity index (χ3n) is 2.83. The van der Waals surface area contributed by atoms with Crippen molar-refractivity contribution in [1.82, 2.24) is 0 Å². The second kappa shape index (κ2) is 5.88. The standard InChI is InChI=1S/C15H13NO4/c17-14(18)11-3-1-10(2-4-11)9-16-13-7-5-12(6-8-13)15(19)20/h1-8,16H,9H2,(H,17,18)(H,19,20). The van der Waals surface area contributed by atoms with Crippen LogP contribution in [0.5, 0.6) is 0 Å². The number of hydrogen-bond acceptors (Lipinski definition) is 3. The summed E-state index contributed by atoms with van der Waals surface area (Å²) in [5, 5.41) is 20.7. The van der Waals surface area contributed by atoms with Crippen LogP contribution in [-0.4, -0.2) is 22.2 Å². The molecular formula is C15H13NO4. The summed E-state index contributed by atoms with van der Waals surface area (Å²) in [7, 11) is 0. The van der Waals surface area contributed by atoms with Crippen molar-refractivity contribution in [3.05, 3.63) is 65.2 Å². The molecule has 5 nitrogen and oxygen atoms in total. The summed E-state index contributed by atoms with van der Waals surface area (Å²) in [6.45, 7) is 0.534. The van der Waals surface area contributed by atoms with E-state index in [1.807, 2.05) is 0 Å². The molecule has 0 saturated carbocycles. The van der Waals surface area contributed by atoms with Crippen LogP contribution in [0.3, 0.4) is 0 Å². The van der Waals surface area contributed by atoms with Crippen molar-refractivity contribution in [2.45, 2.75) is 6.54 Å². The van der Waals surface area contributed by atoms with Gasteiger partial charge in [-0.2, -0.15) is 0 Å². The molecule has 0 spiro atoms. The van der Waals surface area contributed by atoms with Crippen LogP contribution in [-0.2, 0) is 6.54 Å². The number of carboxylic acids is 2. The van der Waals surface area contributed by atoms with E-state index in [9.17, 15) is 9.59 Å². The van der Waals surface area contributed by atoms with E-state index in [1.165, 1.54) is 12.1 Å². The molecule has 0 radical (unpaired) electrons. The molecule has 0 saturated heterocycles. The Bertz CT molecular complexity index is 560. The molecule has 2 aromatic rings. The third kappa shape index (κ3) is 3.35. The molecule has 20 heavy (non-hydrogen) atoms. The number of benzene rings is 2. The van der Waals surface area contributed by atoms with Crippen LogP contribution >= 0.6 is 0 Å². The highest BCUT2D eigenvalue weighted by molar-refractivity contribution is 5.88. The highest BCUT2D eigenvalue weighted by Gasteiger charge is 2.03. The van der Waals surface area contributed by atoms with Gasteiger partial charge in [-0.05, 0) is 42.0 Å². The first-order valence-corrected chi connectivity index (χ1v) is 5.96. The van der Waals surface area contributed by atoms with Crippen molar-refractivity contribution >= 4 is 17.6 Å². The predicted molar refractivity (Wildman–Crippen MR) is 74.1 cm³/mol. The summed E-state index contributed by atoms with van der Waals surface area (Å²) in [4.78, 5) is 21.4. The van der Waals surface area contributed by atoms with Crippen LogP contribution in [0.2, 0.25) is 0 Å². The minimum absolute atomic E-state index is 0.237. The quantitative estimate of drug-likeness (QED) is 0.778. The summed E-state index contributed by atoms with van der Waals surface area (Å²) >= 11 is 0. The third-order valence-corrected chi connectivity index (χ3v) is 2.83. The van der Waals surface area contributed by atoms with Gasteiger partial charge in [-0.3, -0.25) is 0 Å². The van der Waals surface area contributed by atoms with Crippen LogP contribution < -0.4 is 5.32 Å². The SMILES string of the molecule is O=C(O)c1ccc(CNc2ccc(C(=O)O)cc2)cc1. The summed E-state index contributed by atoms with van der Waals surface area (Å²) in [6.07, 6.45) is 0. The number of carboxylic acid groups (broad SMARTS) is 2. The lowest BCUT2D eigenvalue weighted by Crippen LogP contribution is -2.02. The highest BCUT2D eigenvalue weighted by atomic mass is 16.4. The highest BCUT2D eigenvalue weighted by Crippen LogP contribution is 2.12. The average Bonchev–Trinajstić information content (AvgIpc) is 2.46. The minimum Gasteiger partial charge on any atom is -0.478 e. The number of anilines is 1. The Balaban J connectivity index is 1.97. The van der Waals surface area contributed by atoms with Gasteiger partial charge in [0.1, 0.15) is 0 Å². The van der Waals surface area contributed by atoms with Crippen LogP contribution in [0, 0.1) is 0 Å². The van der Waals surface area contributed by atoms with Gasteiger partial charge in [0, 0.05) is 12.2 Å². The molecule has 2 aromatic carbocycles. The molecule has 0 amide bonds. The molecule has 0 bridgehead atoms. The summed E-state index contributed by atoms with van der Waals surface area (Å²) in [5.74, 6) is -1.91. The van der Waals surface area contributed by atoms with Crippen LogP contribution in [0.15, 0.2) is 48.5 Å². The molecule has 0 aliphatic heterocycles. The Morgan fingerprint density at radius 2 is 1.25 bits per heavy atom. The second-order valence-corrected chi connectivity index (χ2v) is 4.24. The fraction of sp³-hybridized carbons (Fsp3) is 0.0667. The lowest BCUT2D eigenvalue weighted by atomic mass is 10.1. The molecule has 0 aliphatic rings. The molecule has 0 atom stereocenters. The largest absolute Gasteiger partial charge is 0.478 e.